The van der Waals surface area contributed by atoms with Crippen molar-refractivity contribution in [2.75, 3.05) is 26.2 Å². The van der Waals surface area contributed by atoms with Gasteiger partial charge in [0.25, 0.3) is 15.6 Å². The van der Waals surface area contributed by atoms with Crippen LogP contribution >= 0.6 is 11.3 Å². The average molecular weight is 710 g/mol. The topological polar surface area (TPSA) is 134 Å². The minimum Gasteiger partial charge on any atom is -0.458 e. The standard InChI is InChI=1S/C37H35N5O6S2/c1-2-37(45)29-20-31-34-27(22-42(31)35(43)28(29)23-48-36(37)44)26(25-11-6-7-12-30(25)38-34)21-40-14-16-41(17-15-40)32(19-24-9-4-3-5-10-24)39-50(46,47)33-13-8-18-49-33/h3-13,18,20,45H,2,14-17,19,21-23H2,1H3/t37-/m0/s1. The van der Waals surface area contributed by atoms with Gasteiger partial charge in [0.2, 0.25) is 0 Å². The Bertz CT molecular complexity index is 2330. The van der Waals surface area contributed by atoms with Crippen molar-refractivity contribution in [1.82, 2.24) is 19.4 Å². The summed E-state index contributed by atoms with van der Waals surface area (Å²) < 4.78 is 38.0. The quantitative estimate of drug-likeness (QED) is 0.146. The molecule has 8 rings (SSSR count). The highest BCUT2D eigenvalue weighted by atomic mass is 32.2. The van der Waals surface area contributed by atoms with Crippen LogP contribution in [-0.4, -0.2) is 70.9 Å². The number of ether oxygens (including phenoxy) is 1. The molecular formula is C37H35N5O6S2. The summed E-state index contributed by atoms with van der Waals surface area (Å²) in [6.07, 6.45) is 0.476. The Morgan fingerprint density at radius 2 is 1.76 bits per heavy atom. The fourth-order valence-corrected chi connectivity index (χ4v) is 9.27. The Kier molecular flexibility index (Phi) is 8.17. The van der Waals surface area contributed by atoms with Crippen LogP contribution in [0.3, 0.4) is 0 Å². The van der Waals surface area contributed by atoms with Crippen molar-refractivity contribution in [2.24, 2.45) is 4.40 Å². The summed E-state index contributed by atoms with van der Waals surface area (Å²) in [5, 5.41) is 14.0. The first-order chi connectivity index (χ1) is 24.2. The molecule has 0 spiro atoms. The van der Waals surface area contributed by atoms with Gasteiger partial charge >= 0.3 is 5.97 Å². The van der Waals surface area contributed by atoms with Crippen molar-refractivity contribution in [2.45, 2.75) is 49.3 Å². The molecule has 0 aliphatic carbocycles. The highest BCUT2D eigenvalue weighted by Gasteiger charge is 2.45. The van der Waals surface area contributed by atoms with E-state index >= 15 is 0 Å². The molecule has 0 radical (unpaired) electrons. The normalized spacial score (nSPS) is 19.3. The lowest BCUT2D eigenvalue weighted by molar-refractivity contribution is -0.172. The monoisotopic (exact) mass is 709 g/mol. The first kappa shape index (κ1) is 32.5. The molecule has 6 heterocycles. The summed E-state index contributed by atoms with van der Waals surface area (Å²) in [6.45, 7) is 4.95. The maximum atomic E-state index is 13.8. The van der Waals surface area contributed by atoms with Gasteiger partial charge in [-0.3, -0.25) is 9.69 Å². The number of para-hydroxylation sites is 1. The molecule has 1 atom stereocenters. The number of rotatable bonds is 7. The number of aliphatic hydroxyl groups is 1. The summed E-state index contributed by atoms with van der Waals surface area (Å²) in [4.78, 5) is 35.9. The van der Waals surface area contributed by atoms with Crippen molar-refractivity contribution in [3.63, 3.8) is 0 Å². The Morgan fingerprint density at radius 1 is 1.00 bits per heavy atom. The molecule has 0 saturated carbocycles. The number of cyclic esters (lactones) is 1. The largest absolute Gasteiger partial charge is 0.458 e. The van der Waals surface area contributed by atoms with Crippen molar-refractivity contribution in [3.8, 4) is 11.4 Å². The van der Waals surface area contributed by atoms with Crippen LogP contribution in [0, 0.1) is 0 Å². The number of thiophene rings is 1. The van der Waals surface area contributed by atoms with Crippen LogP contribution in [0.2, 0.25) is 0 Å². The molecule has 13 heteroatoms. The van der Waals surface area contributed by atoms with Gasteiger partial charge in [0.1, 0.15) is 16.7 Å². The second-order valence-electron chi connectivity index (χ2n) is 12.9. The number of fused-ring (bicyclic) bond motifs is 5. The van der Waals surface area contributed by atoms with E-state index in [2.05, 4.69) is 14.2 Å². The van der Waals surface area contributed by atoms with Gasteiger partial charge < -0.3 is 19.3 Å². The SMILES string of the molecule is CC[C@@]1(O)C(=O)OCc2c1cc1n(c2=O)Cc2c-1nc1ccccc1c2CN1CCN(C(Cc2ccccc2)=NS(=O)(=O)c2cccs2)CC1. The third-order valence-electron chi connectivity index (χ3n) is 10.0. The van der Waals surface area contributed by atoms with Gasteiger partial charge in [-0.15, -0.1) is 15.7 Å². The summed E-state index contributed by atoms with van der Waals surface area (Å²) in [7, 11) is -3.85. The second kappa shape index (κ2) is 12.6. The Hall–Kier alpha value is -4.69. The van der Waals surface area contributed by atoms with E-state index in [1.165, 1.54) is 0 Å². The fraction of sp³-hybridized carbons (Fsp3) is 0.297. The van der Waals surface area contributed by atoms with E-state index in [4.69, 9.17) is 9.72 Å². The van der Waals surface area contributed by atoms with E-state index < -0.39 is 21.6 Å². The second-order valence-corrected chi connectivity index (χ2v) is 15.7. The smallest absolute Gasteiger partial charge is 0.343 e. The molecule has 3 aliphatic heterocycles. The van der Waals surface area contributed by atoms with E-state index in [1.54, 1.807) is 35.1 Å². The van der Waals surface area contributed by atoms with Gasteiger partial charge in [-0.05, 0) is 41.1 Å². The Balaban J connectivity index is 1.11. The van der Waals surface area contributed by atoms with Gasteiger partial charge in [0, 0.05) is 55.7 Å². The molecule has 50 heavy (non-hydrogen) atoms. The lowest BCUT2D eigenvalue weighted by Crippen LogP contribution is -2.49. The zero-order chi connectivity index (χ0) is 34.6. The van der Waals surface area contributed by atoms with E-state index in [0.717, 1.165) is 38.9 Å². The predicted octanol–water partition coefficient (Wildman–Crippen LogP) is 4.29. The molecule has 0 amide bonds. The summed E-state index contributed by atoms with van der Waals surface area (Å²) >= 11 is 1.16. The van der Waals surface area contributed by atoms with Gasteiger partial charge in [-0.1, -0.05) is 61.5 Å². The number of carbonyl (C=O) groups is 1. The van der Waals surface area contributed by atoms with Crippen molar-refractivity contribution in [3.05, 3.63) is 116 Å². The molecule has 2 aromatic carbocycles. The maximum Gasteiger partial charge on any atom is 0.343 e. The van der Waals surface area contributed by atoms with E-state index in [1.807, 2.05) is 54.6 Å². The first-order valence-corrected chi connectivity index (χ1v) is 18.9. The molecule has 3 aliphatic rings. The number of sulfonamides is 1. The third-order valence-corrected chi connectivity index (χ3v) is 12.7. The van der Waals surface area contributed by atoms with Gasteiger partial charge in [0.15, 0.2) is 5.60 Å². The van der Waals surface area contributed by atoms with Crippen LogP contribution in [0.25, 0.3) is 22.3 Å². The molecule has 0 unspecified atom stereocenters. The zero-order valence-electron chi connectivity index (χ0n) is 27.4. The first-order valence-electron chi connectivity index (χ1n) is 16.6. The van der Waals surface area contributed by atoms with Crippen LogP contribution in [-0.2, 0) is 51.3 Å². The number of piperazine rings is 1. The van der Waals surface area contributed by atoms with Crippen molar-refractivity contribution < 1.29 is 23.1 Å². The highest BCUT2D eigenvalue weighted by Crippen LogP contribution is 2.40. The van der Waals surface area contributed by atoms with Gasteiger partial charge in [0.05, 0.1) is 29.0 Å². The zero-order valence-corrected chi connectivity index (χ0v) is 29.0. The molecule has 256 valence electrons. The number of hydrogen-bond acceptors (Lipinski definition) is 9. The molecular weight excluding hydrogens is 675 g/mol. The predicted molar refractivity (Wildman–Crippen MR) is 190 cm³/mol. The summed E-state index contributed by atoms with van der Waals surface area (Å²) in [5.41, 5.74) is 3.43. The lowest BCUT2D eigenvalue weighted by atomic mass is 9.86. The van der Waals surface area contributed by atoms with Crippen molar-refractivity contribution >= 4 is 44.1 Å². The number of aromatic nitrogens is 2. The molecule has 0 bridgehead atoms. The number of pyridine rings is 2. The van der Waals surface area contributed by atoms with Gasteiger partial charge in [-0.25, -0.2) is 9.78 Å². The maximum absolute atomic E-state index is 13.8. The number of amidine groups is 1. The van der Waals surface area contributed by atoms with Crippen LogP contribution < -0.4 is 5.56 Å². The van der Waals surface area contributed by atoms with Crippen LogP contribution in [0.4, 0.5) is 0 Å². The van der Waals surface area contributed by atoms with Crippen LogP contribution in [0.1, 0.15) is 41.2 Å². The molecule has 1 fully saturated rings. The molecule has 1 saturated heterocycles. The molecule has 11 nitrogen and oxygen atoms in total. The van der Waals surface area contributed by atoms with Crippen molar-refractivity contribution in [1.29, 1.82) is 0 Å². The number of benzene rings is 2. The Labute approximate surface area is 293 Å². The average Bonchev–Trinajstić information content (AvgIpc) is 3.81. The van der Waals surface area contributed by atoms with E-state index in [-0.39, 0.29) is 22.8 Å². The Morgan fingerprint density at radius 3 is 2.50 bits per heavy atom. The fourth-order valence-electron chi connectivity index (χ4n) is 7.26. The minimum absolute atomic E-state index is 0.0781. The third kappa shape index (κ3) is 5.54. The number of nitrogens with zero attached hydrogens (tertiary/aromatic N) is 5. The molecule has 5 aromatic rings. The summed E-state index contributed by atoms with van der Waals surface area (Å²) in [6, 6.07) is 22.7. The highest BCUT2D eigenvalue weighted by molar-refractivity contribution is 7.92. The van der Waals surface area contributed by atoms with Gasteiger partial charge in [-0.2, -0.15) is 8.42 Å². The van der Waals surface area contributed by atoms with Crippen LogP contribution in [0.15, 0.2) is 91.6 Å². The minimum atomic E-state index is -3.85. The number of esters is 1. The number of carbonyl (C=O) groups excluding carboxylic acids is 1. The lowest BCUT2D eigenvalue weighted by Gasteiger charge is -2.37. The van der Waals surface area contributed by atoms with E-state index in [9.17, 15) is 23.1 Å². The number of hydrogen-bond donors (Lipinski definition) is 1. The molecule has 3 aromatic heterocycles. The van der Waals surface area contributed by atoms with E-state index in [0.29, 0.717) is 74.0 Å². The summed E-state index contributed by atoms with van der Waals surface area (Å²) in [5.74, 6) is -0.227. The molecule has 1 N–H and O–H groups in total. The van der Waals surface area contributed by atoms with Crippen LogP contribution in [0.5, 0.6) is 0 Å².